The molecule has 0 bridgehead atoms. The summed E-state index contributed by atoms with van der Waals surface area (Å²) < 4.78 is 23.6. The highest BCUT2D eigenvalue weighted by Gasteiger charge is 2.39. The zero-order valence-electron chi connectivity index (χ0n) is 14.3. The molecule has 3 aromatic rings. The second-order valence-corrected chi connectivity index (χ2v) is 5.84. The first-order chi connectivity index (χ1) is 13.5. The minimum Gasteiger partial charge on any atom is -0.486 e. The van der Waals surface area contributed by atoms with Gasteiger partial charge in [0, 0.05) is 0 Å². The highest BCUT2D eigenvalue weighted by molar-refractivity contribution is 6.21. The van der Waals surface area contributed by atoms with Gasteiger partial charge in [-0.3, -0.25) is 9.59 Å². The zero-order valence-corrected chi connectivity index (χ0v) is 14.3. The minimum absolute atomic E-state index is 0.00801. The normalized spacial score (nSPS) is 12.8. The van der Waals surface area contributed by atoms with Crippen LogP contribution >= 0.6 is 0 Å². The third kappa shape index (κ3) is 3.23. The molecule has 0 fully saturated rings. The molecule has 0 aliphatic carbocycles. The van der Waals surface area contributed by atoms with E-state index in [1.54, 1.807) is 12.1 Å². The Morgan fingerprint density at radius 2 is 1.57 bits per heavy atom. The van der Waals surface area contributed by atoms with E-state index in [2.05, 4.69) is 0 Å². The maximum atomic E-state index is 12.9. The number of amides is 2. The third-order valence-corrected chi connectivity index (χ3v) is 3.99. The summed E-state index contributed by atoms with van der Waals surface area (Å²) in [5.74, 6) is -2.30. The number of rotatable bonds is 5. The quantitative estimate of drug-likeness (QED) is 0.630. The average molecular weight is 381 g/mol. The summed E-state index contributed by atoms with van der Waals surface area (Å²) in [5.41, 5.74) is 0.321. The lowest BCUT2D eigenvalue weighted by Crippen LogP contribution is -2.32. The fraction of sp³-hybridized carbons (Fsp3) is 0.0500. The van der Waals surface area contributed by atoms with E-state index in [1.165, 1.54) is 48.5 Å². The fourth-order valence-corrected chi connectivity index (χ4v) is 2.63. The van der Waals surface area contributed by atoms with Gasteiger partial charge < -0.3 is 14.0 Å². The molecule has 0 unspecified atom stereocenters. The van der Waals surface area contributed by atoms with E-state index < -0.39 is 17.8 Å². The molecule has 1 aliphatic rings. The Kier molecular flexibility index (Phi) is 4.36. The van der Waals surface area contributed by atoms with Crippen molar-refractivity contribution in [2.45, 2.75) is 6.61 Å². The summed E-state index contributed by atoms with van der Waals surface area (Å²) in [5, 5.41) is 0.407. The number of benzene rings is 2. The van der Waals surface area contributed by atoms with Gasteiger partial charge >= 0.3 is 5.97 Å². The predicted octanol–water partition coefficient (Wildman–Crippen LogP) is 3.37. The van der Waals surface area contributed by atoms with Crippen LogP contribution in [-0.4, -0.2) is 22.8 Å². The van der Waals surface area contributed by atoms with Crippen molar-refractivity contribution in [2.24, 2.45) is 0 Å². The number of halogens is 1. The summed E-state index contributed by atoms with van der Waals surface area (Å²) in [4.78, 5) is 41.6. The smallest absolute Gasteiger partial charge is 0.399 e. The molecule has 2 amide bonds. The van der Waals surface area contributed by atoms with Gasteiger partial charge in [0.25, 0.3) is 11.8 Å². The van der Waals surface area contributed by atoms with Gasteiger partial charge in [0.05, 0.1) is 11.1 Å². The lowest BCUT2D eigenvalue weighted by molar-refractivity contribution is -0.0604. The number of nitrogens with zero attached hydrogens (tertiary/aromatic N) is 1. The molecule has 0 saturated heterocycles. The Morgan fingerprint density at radius 1 is 0.929 bits per heavy atom. The van der Waals surface area contributed by atoms with E-state index in [0.717, 1.165) is 0 Å². The summed E-state index contributed by atoms with van der Waals surface area (Å²) >= 11 is 0. The van der Waals surface area contributed by atoms with Gasteiger partial charge in [0.15, 0.2) is 0 Å². The Hall–Kier alpha value is -3.94. The first kappa shape index (κ1) is 17.5. The SMILES string of the molecule is O=C(ON1C(=O)c2ccccc2C1=O)c1ccc(COc2ccc(F)cc2)o1. The standard InChI is InChI=1S/C20H12FNO6/c21-12-5-7-13(8-6-12)26-11-14-9-10-17(27-14)20(25)28-22-18(23)15-3-1-2-4-16(15)19(22)24/h1-10H,11H2. The van der Waals surface area contributed by atoms with Crippen LogP contribution in [0.4, 0.5) is 4.39 Å². The molecule has 4 rings (SSSR count). The summed E-state index contributed by atoms with van der Waals surface area (Å²) in [6, 6.07) is 14.4. The van der Waals surface area contributed by atoms with E-state index in [-0.39, 0.29) is 29.3 Å². The average Bonchev–Trinajstić information content (AvgIpc) is 3.27. The number of hydrogen-bond donors (Lipinski definition) is 0. The van der Waals surface area contributed by atoms with E-state index in [0.29, 0.717) is 16.6 Å². The minimum atomic E-state index is -0.998. The van der Waals surface area contributed by atoms with Crippen molar-refractivity contribution in [3.05, 3.63) is 89.1 Å². The van der Waals surface area contributed by atoms with Gasteiger partial charge in [0.1, 0.15) is 23.9 Å². The van der Waals surface area contributed by atoms with Crippen molar-refractivity contribution in [2.75, 3.05) is 0 Å². The lowest BCUT2D eigenvalue weighted by Gasteiger charge is -2.11. The monoisotopic (exact) mass is 381 g/mol. The van der Waals surface area contributed by atoms with Crippen molar-refractivity contribution in [1.29, 1.82) is 0 Å². The number of carbonyl (C=O) groups excluding carboxylic acids is 3. The molecule has 0 N–H and O–H groups in total. The highest BCUT2D eigenvalue weighted by Crippen LogP contribution is 2.24. The van der Waals surface area contributed by atoms with Crippen LogP contribution in [0.2, 0.25) is 0 Å². The van der Waals surface area contributed by atoms with Crippen molar-refractivity contribution >= 4 is 17.8 Å². The molecule has 1 aliphatic heterocycles. The summed E-state index contributed by atoms with van der Waals surface area (Å²) in [6.07, 6.45) is 0. The first-order valence-electron chi connectivity index (χ1n) is 8.20. The number of furan rings is 1. The van der Waals surface area contributed by atoms with Crippen LogP contribution in [0.15, 0.2) is 65.1 Å². The molecule has 2 heterocycles. The first-order valence-corrected chi connectivity index (χ1v) is 8.20. The second kappa shape index (κ2) is 6.99. The largest absolute Gasteiger partial charge is 0.486 e. The molecular weight excluding hydrogens is 369 g/mol. The highest BCUT2D eigenvalue weighted by atomic mass is 19.1. The molecule has 8 heteroatoms. The van der Waals surface area contributed by atoms with E-state index in [9.17, 15) is 18.8 Å². The molecule has 0 radical (unpaired) electrons. The lowest BCUT2D eigenvalue weighted by atomic mass is 10.1. The van der Waals surface area contributed by atoms with E-state index in [1.807, 2.05) is 0 Å². The molecular formula is C20H12FNO6. The van der Waals surface area contributed by atoms with Crippen LogP contribution in [0, 0.1) is 5.82 Å². The van der Waals surface area contributed by atoms with Gasteiger partial charge in [0.2, 0.25) is 5.76 Å². The number of hydroxylamine groups is 2. The fourth-order valence-electron chi connectivity index (χ4n) is 2.63. The van der Waals surface area contributed by atoms with Crippen LogP contribution in [0.1, 0.15) is 37.0 Å². The maximum Gasteiger partial charge on any atom is 0.399 e. The molecule has 2 aromatic carbocycles. The van der Waals surface area contributed by atoms with Crippen LogP contribution in [0.25, 0.3) is 0 Å². The molecule has 0 spiro atoms. The number of fused-ring (bicyclic) bond motifs is 1. The molecule has 1 aromatic heterocycles. The second-order valence-electron chi connectivity index (χ2n) is 5.84. The van der Waals surface area contributed by atoms with Crippen LogP contribution in [0.5, 0.6) is 5.75 Å². The number of carbonyl (C=O) groups is 3. The van der Waals surface area contributed by atoms with E-state index in [4.69, 9.17) is 14.0 Å². The van der Waals surface area contributed by atoms with Crippen LogP contribution in [0.3, 0.4) is 0 Å². The Morgan fingerprint density at radius 3 is 2.21 bits per heavy atom. The zero-order chi connectivity index (χ0) is 19.7. The molecule has 7 nitrogen and oxygen atoms in total. The van der Waals surface area contributed by atoms with Gasteiger partial charge in [-0.1, -0.05) is 17.2 Å². The molecule has 28 heavy (non-hydrogen) atoms. The molecule has 0 atom stereocenters. The van der Waals surface area contributed by atoms with Crippen molar-refractivity contribution in [3.63, 3.8) is 0 Å². The Balaban J connectivity index is 1.40. The summed E-state index contributed by atoms with van der Waals surface area (Å²) in [7, 11) is 0. The Labute approximate surface area is 157 Å². The third-order valence-electron chi connectivity index (χ3n) is 3.99. The van der Waals surface area contributed by atoms with Gasteiger partial charge in [-0.25, -0.2) is 9.18 Å². The van der Waals surface area contributed by atoms with Gasteiger partial charge in [-0.15, -0.1) is 0 Å². The van der Waals surface area contributed by atoms with Crippen molar-refractivity contribution in [1.82, 2.24) is 5.06 Å². The number of hydrogen-bond acceptors (Lipinski definition) is 6. The van der Waals surface area contributed by atoms with Crippen molar-refractivity contribution < 1.29 is 32.8 Å². The number of ether oxygens (including phenoxy) is 1. The maximum absolute atomic E-state index is 12.9. The van der Waals surface area contributed by atoms with Gasteiger partial charge in [-0.05, 0) is 48.5 Å². The Bertz CT molecular complexity index is 1040. The molecule has 140 valence electrons. The molecule has 0 saturated carbocycles. The van der Waals surface area contributed by atoms with Crippen LogP contribution in [-0.2, 0) is 11.4 Å². The number of imide groups is 1. The van der Waals surface area contributed by atoms with E-state index >= 15 is 0 Å². The van der Waals surface area contributed by atoms with Crippen molar-refractivity contribution in [3.8, 4) is 5.75 Å². The summed E-state index contributed by atoms with van der Waals surface area (Å²) in [6.45, 7) is -0.00801. The predicted molar refractivity (Wildman–Crippen MR) is 91.8 cm³/mol. The van der Waals surface area contributed by atoms with Crippen LogP contribution < -0.4 is 4.74 Å². The topological polar surface area (TPSA) is 86.0 Å². The van der Waals surface area contributed by atoms with Gasteiger partial charge in [-0.2, -0.15) is 0 Å².